The van der Waals surface area contributed by atoms with E-state index in [0.717, 1.165) is 16.5 Å². The van der Waals surface area contributed by atoms with Crippen LogP contribution in [-0.2, 0) is 30.4 Å². The van der Waals surface area contributed by atoms with Crippen LogP contribution >= 0.6 is 0 Å². The van der Waals surface area contributed by atoms with Crippen LogP contribution in [0, 0.1) is 11.8 Å². The minimum atomic E-state index is -1.42. The summed E-state index contributed by atoms with van der Waals surface area (Å²) in [6.45, 7) is 7.15. The number of para-hydroxylation sites is 1. The summed E-state index contributed by atoms with van der Waals surface area (Å²) in [6.07, 6.45) is 2.17. The number of aliphatic carboxylic acids is 1. The fourth-order valence-corrected chi connectivity index (χ4v) is 4.23. The number of H-pyrrole nitrogens is 1. The lowest BCUT2D eigenvalue weighted by atomic mass is 9.98. The Kier molecular flexibility index (Phi) is 11.5. The summed E-state index contributed by atoms with van der Waals surface area (Å²) in [6, 6.07) is 2.95. The van der Waals surface area contributed by atoms with Crippen LogP contribution in [-0.4, -0.2) is 63.9 Å². The fraction of sp³-hybridized carbons (Fsp3) is 0.519. The maximum absolute atomic E-state index is 13.2. The monoisotopic (exact) mass is 544 g/mol. The molecule has 5 atom stereocenters. The highest BCUT2D eigenvalue weighted by atomic mass is 16.4. The van der Waals surface area contributed by atoms with E-state index in [-0.39, 0.29) is 18.8 Å². The average Bonchev–Trinajstić information content (AvgIpc) is 3.27. The SMILES string of the molecule is CCC(C)C(NC(=O)C(CC(N)=O)NC(=O)C(CC(C)C)NC(=O)C(N)Cc1c[nH]c2ccccc12)C(=O)O. The van der Waals surface area contributed by atoms with Gasteiger partial charge in [0.2, 0.25) is 23.6 Å². The first-order valence-electron chi connectivity index (χ1n) is 13.1. The Morgan fingerprint density at radius 2 is 1.56 bits per heavy atom. The molecule has 0 aliphatic heterocycles. The molecule has 5 unspecified atom stereocenters. The fourth-order valence-electron chi connectivity index (χ4n) is 4.23. The van der Waals surface area contributed by atoms with E-state index in [1.807, 2.05) is 38.1 Å². The van der Waals surface area contributed by atoms with Gasteiger partial charge in [-0.05, 0) is 36.3 Å². The number of hydrogen-bond acceptors (Lipinski definition) is 6. The molecule has 2 rings (SSSR count). The van der Waals surface area contributed by atoms with Gasteiger partial charge in [-0.1, -0.05) is 52.3 Å². The van der Waals surface area contributed by atoms with E-state index < -0.39 is 66.1 Å². The number of carbonyl (C=O) groups is 5. The Balaban J connectivity index is 2.15. The summed E-state index contributed by atoms with van der Waals surface area (Å²) in [7, 11) is 0. The first kappa shape index (κ1) is 31.3. The number of carboxylic acids is 1. The van der Waals surface area contributed by atoms with E-state index in [1.54, 1.807) is 20.0 Å². The van der Waals surface area contributed by atoms with Crippen LogP contribution in [0.3, 0.4) is 0 Å². The molecule has 4 amide bonds. The average molecular weight is 545 g/mol. The summed E-state index contributed by atoms with van der Waals surface area (Å²) < 4.78 is 0. The Morgan fingerprint density at radius 3 is 2.15 bits per heavy atom. The third-order valence-electron chi connectivity index (χ3n) is 6.61. The van der Waals surface area contributed by atoms with Gasteiger partial charge in [0.1, 0.15) is 18.1 Å². The van der Waals surface area contributed by atoms with Crippen molar-refractivity contribution in [1.29, 1.82) is 0 Å². The molecule has 9 N–H and O–H groups in total. The van der Waals surface area contributed by atoms with Crippen LogP contribution in [0.15, 0.2) is 30.5 Å². The normalized spacial score (nSPS) is 15.1. The molecule has 12 heteroatoms. The van der Waals surface area contributed by atoms with Gasteiger partial charge in [0.15, 0.2) is 0 Å². The highest BCUT2D eigenvalue weighted by Crippen LogP contribution is 2.19. The standard InChI is InChI=1S/C27H40N6O6/c1-5-15(4)23(27(38)39)33-26(37)21(12-22(29)34)32-25(36)20(10-14(2)3)31-24(35)18(28)11-16-13-30-19-9-7-6-8-17(16)19/h6-9,13-15,18,20-21,23,30H,5,10-12,28H2,1-4H3,(H2,29,34)(H,31,35)(H,32,36)(H,33,37)(H,38,39). The highest BCUT2D eigenvalue weighted by molar-refractivity contribution is 5.96. The smallest absolute Gasteiger partial charge is 0.326 e. The number of rotatable bonds is 15. The van der Waals surface area contributed by atoms with Gasteiger partial charge in [0.05, 0.1) is 12.5 Å². The number of benzene rings is 1. The Bertz CT molecular complexity index is 1180. The van der Waals surface area contributed by atoms with E-state index in [0.29, 0.717) is 6.42 Å². The highest BCUT2D eigenvalue weighted by Gasteiger charge is 2.33. The van der Waals surface area contributed by atoms with Crippen LogP contribution in [0.25, 0.3) is 10.9 Å². The molecule has 1 aromatic carbocycles. The molecule has 0 aliphatic carbocycles. The second-order valence-corrected chi connectivity index (χ2v) is 10.3. The largest absolute Gasteiger partial charge is 0.480 e. The summed E-state index contributed by atoms with van der Waals surface area (Å²) in [4.78, 5) is 65.5. The number of hydrogen-bond donors (Lipinski definition) is 7. The third-order valence-corrected chi connectivity index (χ3v) is 6.61. The number of primary amides is 1. The van der Waals surface area contributed by atoms with Gasteiger partial charge in [-0.2, -0.15) is 0 Å². The lowest BCUT2D eigenvalue weighted by molar-refractivity contribution is -0.144. The van der Waals surface area contributed by atoms with E-state index in [9.17, 15) is 29.1 Å². The molecular weight excluding hydrogens is 504 g/mol. The third kappa shape index (κ3) is 9.10. The minimum absolute atomic E-state index is 0.0175. The van der Waals surface area contributed by atoms with Crippen molar-refractivity contribution in [3.8, 4) is 0 Å². The van der Waals surface area contributed by atoms with Crippen molar-refractivity contribution < 1.29 is 29.1 Å². The van der Waals surface area contributed by atoms with E-state index in [1.165, 1.54) is 0 Å². The van der Waals surface area contributed by atoms with Gasteiger partial charge in [-0.3, -0.25) is 19.2 Å². The van der Waals surface area contributed by atoms with Gasteiger partial charge >= 0.3 is 5.97 Å². The molecule has 0 bridgehead atoms. The molecule has 0 spiro atoms. The zero-order valence-electron chi connectivity index (χ0n) is 22.8. The van der Waals surface area contributed by atoms with Crippen LogP contribution < -0.4 is 27.4 Å². The molecule has 0 aliphatic rings. The topological polar surface area (TPSA) is 209 Å². The molecule has 214 valence electrons. The maximum atomic E-state index is 13.2. The van der Waals surface area contributed by atoms with Gasteiger partial charge in [0.25, 0.3) is 0 Å². The predicted molar refractivity (Wildman–Crippen MR) is 146 cm³/mol. The zero-order chi connectivity index (χ0) is 29.3. The molecular formula is C27H40N6O6. The number of aromatic nitrogens is 1. The lowest BCUT2D eigenvalue weighted by Crippen LogP contribution is -2.58. The van der Waals surface area contributed by atoms with Crippen LogP contribution in [0.1, 0.15) is 52.5 Å². The van der Waals surface area contributed by atoms with Crippen LogP contribution in [0.5, 0.6) is 0 Å². The number of carbonyl (C=O) groups excluding carboxylic acids is 4. The Labute approximate surface area is 227 Å². The Morgan fingerprint density at radius 1 is 0.949 bits per heavy atom. The first-order chi connectivity index (χ1) is 18.3. The van der Waals surface area contributed by atoms with Crippen LogP contribution in [0.4, 0.5) is 0 Å². The van der Waals surface area contributed by atoms with Crippen molar-refractivity contribution in [2.75, 3.05) is 0 Å². The number of aromatic amines is 1. The molecule has 2 aromatic rings. The molecule has 0 fully saturated rings. The number of carboxylic acid groups (broad SMARTS) is 1. The molecule has 0 saturated heterocycles. The van der Waals surface area contributed by atoms with Crippen molar-refractivity contribution in [3.05, 3.63) is 36.0 Å². The van der Waals surface area contributed by atoms with E-state index >= 15 is 0 Å². The number of nitrogens with one attached hydrogen (secondary N) is 4. The summed E-state index contributed by atoms with van der Waals surface area (Å²) in [5.41, 5.74) is 13.2. The van der Waals surface area contributed by atoms with Crippen molar-refractivity contribution in [1.82, 2.24) is 20.9 Å². The molecule has 0 saturated carbocycles. The van der Waals surface area contributed by atoms with E-state index in [2.05, 4.69) is 20.9 Å². The van der Waals surface area contributed by atoms with Gasteiger partial charge in [0, 0.05) is 17.1 Å². The number of amides is 4. The molecule has 12 nitrogen and oxygen atoms in total. The van der Waals surface area contributed by atoms with Gasteiger partial charge < -0.3 is 37.5 Å². The molecule has 39 heavy (non-hydrogen) atoms. The Hall–Kier alpha value is -3.93. The molecule has 1 heterocycles. The summed E-state index contributed by atoms with van der Waals surface area (Å²) in [5.74, 6) is -4.65. The molecule has 0 radical (unpaired) electrons. The van der Waals surface area contributed by atoms with Crippen molar-refractivity contribution >= 4 is 40.5 Å². The van der Waals surface area contributed by atoms with Gasteiger partial charge in [-0.15, -0.1) is 0 Å². The minimum Gasteiger partial charge on any atom is -0.480 e. The lowest BCUT2D eigenvalue weighted by Gasteiger charge is -2.26. The second-order valence-electron chi connectivity index (χ2n) is 10.3. The second kappa shape index (κ2) is 14.3. The van der Waals surface area contributed by atoms with Crippen molar-refractivity contribution in [2.45, 2.75) is 77.5 Å². The quantitative estimate of drug-likeness (QED) is 0.169. The molecule has 1 aromatic heterocycles. The van der Waals surface area contributed by atoms with Crippen molar-refractivity contribution in [2.24, 2.45) is 23.3 Å². The van der Waals surface area contributed by atoms with E-state index in [4.69, 9.17) is 11.5 Å². The van der Waals surface area contributed by atoms with Gasteiger partial charge in [-0.25, -0.2) is 4.79 Å². The predicted octanol–water partition coefficient (Wildman–Crippen LogP) is 0.544. The van der Waals surface area contributed by atoms with Crippen LogP contribution in [0.2, 0.25) is 0 Å². The zero-order valence-corrected chi connectivity index (χ0v) is 22.8. The maximum Gasteiger partial charge on any atom is 0.326 e. The number of nitrogens with two attached hydrogens (primary N) is 2. The number of fused-ring (bicyclic) bond motifs is 1. The summed E-state index contributed by atoms with van der Waals surface area (Å²) >= 11 is 0. The van der Waals surface area contributed by atoms with Crippen molar-refractivity contribution in [3.63, 3.8) is 0 Å². The summed E-state index contributed by atoms with van der Waals surface area (Å²) in [5, 5.41) is 18.0. The first-order valence-corrected chi connectivity index (χ1v) is 13.1.